The van der Waals surface area contributed by atoms with Gasteiger partial charge in [0.2, 0.25) is 6.29 Å². The molecule has 2 heterocycles. The number of pyridine rings is 1. The average molecular weight is 379 g/mol. The maximum absolute atomic E-state index is 12.1. The second-order valence-electron chi connectivity index (χ2n) is 4.89. The Labute approximate surface area is 139 Å². The van der Waals surface area contributed by atoms with Crippen LogP contribution in [0.2, 0.25) is 0 Å². The third-order valence-corrected chi connectivity index (χ3v) is 3.71. The number of aliphatic hydroxyl groups is 2. The molecule has 2 rings (SSSR count). The Balaban J connectivity index is 2.23. The quantitative estimate of drug-likeness (QED) is 0.284. The zero-order chi connectivity index (χ0) is 18.8. The van der Waals surface area contributed by atoms with Crippen LogP contribution in [0.5, 0.6) is 0 Å². The molecule has 0 saturated carbocycles. The fraction of sp³-hybridized carbons (Fsp3) is 0.417. The van der Waals surface area contributed by atoms with Crippen LogP contribution in [-0.4, -0.2) is 73.2 Å². The number of phosphoric ester groups is 1. The van der Waals surface area contributed by atoms with Gasteiger partial charge >= 0.3 is 19.8 Å². The number of aromatic carboxylic acids is 1. The lowest BCUT2D eigenvalue weighted by molar-refractivity contribution is -0.137. The normalized spacial score (nSPS) is 26.4. The minimum Gasteiger partial charge on any atom is -0.478 e. The lowest BCUT2D eigenvalue weighted by Gasteiger charge is -2.20. The predicted molar refractivity (Wildman–Crippen MR) is 75.3 cm³/mol. The van der Waals surface area contributed by atoms with Gasteiger partial charge in [0, 0.05) is 6.20 Å². The molecular weight excluding hydrogens is 365 g/mol. The van der Waals surface area contributed by atoms with Crippen LogP contribution in [0.25, 0.3) is 0 Å². The Morgan fingerprint density at radius 1 is 1.36 bits per heavy atom. The van der Waals surface area contributed by atoms with Gasteiger partial charge in [0.05, 0.1) is 12.2 Å². The number of hydrogen-bond donors (Lipinski definition) is 5. The summed E-state index contributed by atoms with van der Waals surface area (Å²) in [5.74, 6) is -2.74. The molecule has 0 bridgehead atoms. The van der Waals surface area contributed by atoms with Crippen molar-refractivity contribution >= 4 is 19.8 Å². The molecule has 138 valence electrons. The van der Waals surface area contributed by atoms with E-state index in [1.165, 1.54) is 6.07 Å². The number of aliphatic hydroxyl groups excluding tert-OH is 2. The fourth-order valence-corrected chi connectivity index (χ4v) is 2.66. The van der Waals surface area contributed by atoms with Crippen LogP contribution in [0.15, 0.2) is 18.3 Å². The second kappa shape index (κ2) is 7.54. The van der Waals surface area contributed by atoms with E-state index in [1.807, 2.05) is 0 Å². The summed E-state index contributed by atoms with van der Waals surface area (Å²) in [6.07, 6.45) is -5.53. The Bertz CT molecular complexity index is 704. The number of nitrogens with zero attached hydrogens (tertiary/aromatic N) is 1. The number of aromatic nitrogens is 1. The average Bonchev–Trinajstić information content (AvgIpc) is 2.81. The molecule has 1 unspecified atom stereocenters. The number of ether oxygens (including phenoxy) is 2. The van der Waals surface area contributed by atoms with Crippen molar-refractivity contribution in [3.8, 4) is 0 Å². The van der Waals surface area contributed by atoms with Gasteiger partial charge in [0.25, 0.3) is 0 Å². The van der Waals surface area contributed by atoms with Gasteiger partial charge in [-0.2, -0.15) is 0 Å². The molecule has 0 aliphatic carbocycles. The summed E-state index contributed by atoms with van der Waals surface area (Å²) in [7, 11) is -5.09. The lowest BCUT2D eigenvalue weighted by atomic mass is 10.1. The van der Waals surface area contributed by atoms with Gasteiger partial charge in [0.1, 0.15) is 12.2 Å². The molecule has 0 aromatic carbocycles. The standard InChI is InChI=1S/C12H14NO11P/c14-4-6-8(15)9(24-25(19,20)21)12(22-6)23-11(18)7-5(10(16)17)2-1-3-13-7/h1-3,6,8-9,12,14-15H,4H2,(H,16,17)(H2,19,20,21)/t6-,8-,9-,12?/m1/s1. The Morgan fingerprint density at radius 3 is 2.60 bits per heavy atom. The first-order valence-electron chi connectivity index (χ1n) is 6.71. The number of carboxylic acids is 1. The zero-order valence-electron chi connectivity index (χ0n) is 12.3. The first-order valence-corrected chi connectivity index (χ1v) is 8.24. The molecule has 1 fully saturated rings. The van der Waals surface area contributed by atoms with E-state index in [9.17, 15) is 19.3 Å². The van der Waals surface area contributed by atoms with E-state index in [0.29, 0.717) is 0 Å². The highest BCUT2D eigenvalue weighted by Crippen LogP contribution is 2.42. The summed E-state index contributed by atoms with van der Waals surface area (Å²) >= 11 is 0. The summed E-state index contributed by atoms with van der Waals surface area (Å²) in [5.41, 5.74) is -1.06. The number of hydrogen-bond acceptors (Lipinski definition) is 9. The molecule has 0 amide bonds. The molecule has 1 aromatic rings. The third-order valence-electron chi connectivity index (χ3n) is 3.19. The Kier molecular flexibility index (Phi) is 5.85. The van der Waals surface area contributed by atoms with Crippen molar-refractivity contribution in [1.29, 1.82) is 0 Å². The number of carboxylic acid groups (broad SMARTS) is 1. The molecule has 1 saturated heterocycles. The number of carbonyl (C=O) groups is 2. The van der Waals surface area contributed by atoms with Crippen molar-refractivity contribution in [3.05, 3.63) is 29.6 Å². The first-order chi connectivity index (χ1) is 11.6. The summed E-state index contributed by atoms with van der Waals surface area (Å²) in [4.78, 5) is 44.5. The SMILES string of the molecule is O=C(O)c1cccnc1C(=O)OC1O[C@H](CO)[C@@H](O)[C@H]1OP(=O)(O)O. The topological polar surface area (TPSA) is 193 Å². The Morgan fingerprint density at radius 2 is 2.04 bits per heavy atom. The predicted octanol–water partition coefficient (Wildman–Crippen LogP) is -1.51. The van der Waals surface area contributed by atoms with Gasteiger partial charge in [0.15, 0.2) is 11.8 Å². The van der Waals surface area contributed by atoms with Crippen LogP contribution < -0.4 is 0 Å². The molecule has 1 aliphatic heterocycles. The van der Waals surface area contributed by atoms with Crippen molar-refractivity contribution in [3.63, 3.8) is 0 Å². The van der Waals surface area contributed by atoms with Crippen LogP contribution in [-0.2, 0) is 18.6 Å². The van der Waals surface area contributed by atoms with Crippen molar-refractivity contribution in [2.24, 2.45) is 0 Å². The number of esters is 1. The van der Waals surface area contributed by atoms with E-state index < -0.39 is 62.2 Å². The highest BCUT2D eigenvalue weighted by atomic mass is 31.2. The van der Waals surface area contributed by atoms with E-state index in [-0.39, 0.29) is 0 Å². The van der Waals surface area contributed by atoms with E-state index in [2.05, 4.69) is 9.51 Å². The minimum absolute atomic E-state index is 0.475. The van der Waals surface area contributed by atoms with E-state index >= 15 is 0 Å². The van der Waals surface area contributed by atoms with Crippen LogP contribution >= 0.6 is 7.82 Å². The molecule has 0 radical (unpaired) electrons. The van der Waals surface area contributed by atoms with E-state index in [1.54, 1.807) is 0 Å². The molecule has 0 spiro atoms. The maximum atomic E-state index is 12.1. The van der Waals surface area contributed by atoms with Gasteiger partial charge in [-0.25, -0.2) is 19.1 Å². The van der Waals surface area contributed by atoms with Gasteiger partial charge in [-0.15, -0.1) is 0 Å². The van der Waals surface area contributed by atoms with Gasteiger partial charge in [-0.1, -0.05) is 0 Å². The highest BCUT2D eigenvalue weighted by molar-refractivity contribution is 7.46. The van der Waals surface area contributed by atoms with Crippen molar-refractivity contribution < 1.29 is 53.3 Å². The summed E-state index contributed by atoms with van der Waals surface area (Å²) in [5, 5.41) is 28.0. The smallest absolute Gasteiger partial charge is 0.470 e. The molecule has 13 heteroatoms. The monoisotopic (exact) mass is 379 g/mol. The minimum atomic E-state index is -5.09. The molecule has 5 N–H and O–H groups in total. The molecule has 1 aliphatic rings. The Hall–Kier alpha value is -1.92. The third kappa shape index (κ3) is 4.58. The van der Waals surface area contributed by atoms with Crippen LogP contribution in [0, 0.1) is 0 Å². The fourth-order valence-electron chi connectivity index (χ4n) is 2.12. The molecular formula is C12H14NO11P. The molecule has 12 nitrogen and oxygen atoms in total. The molecule has 4 atom stereocenters. The van der Waals surface area contributed by atoms with E-state index in [4.69, 9.17) is 29.5 Å². The van der Waals surface area contributed by atoms with Crippen molar-refractivity contribution in [2.45, 2.75) is 24.6 Å². The summed E-state index contributed by atoms with van der Waals surface area (Å²) < 4.78 is 25.1. The second-order valence-corrected chi connectivity index (χ2v) is 6.08. The summed E-state index contributed by atoms with van der Waals surface area (Å²) in [6, 6.07) is 2.37. The van der Waals surface area contributed by atoms with Gasteiger partial charge in [-0.05, 0) is 12.1 Å². The van der Waals surface area contributed by atoms with Gasteiger partial charge < -0.3 is 34.6 Å². The lowest BCUT2D eigenvalue weighted by Crippen LogP contribution is -2.37. The van der Waals surface area contributed by atoms with Gasteiger partial charge in [-0.3, -0.25) is 4.52 Å². The zero-order valence-corrected chi connectivity index (χ0v) is 13.2. The highest BCUT2D eigenvalue weighted by Gasteiger charge is 2.49. The van der Waals surface area contributed by atoms with Crippen LogP contribution in [0.1, 0.15) is 20.8 Å². The van der Waals surface area contributed by atoms with Crippen LogP contribution in [0.3, 0.4) is 0 Å². The van der Waals surface area contributed by atoms with Crippen LogP contribution in [0.4, 0.5) is 0 Å². The first kappa shape index (κ1) is 19.4. The van der Waals surface area contributed by atoms with Crippen molar-refractivity contribution in [2.75, 3.05) is 6.61 Å². The number of phosphoric acid groups is 1. The molecule has 1 aromatic heterocycles. The largest absolute Gasteiger partial charge is 0.478 e. The summed E-state index contributed by atoms with van der Waals surface area (Å²) in [6.45, 7) is -0.750. The molecule has 25 heavy (non-hydrogen) atoms. The maximum Gasteiger partial charge on any atom is 0.470 e. The number of rotatable bonds is 6. The van der Waals surface area contributed by atoms with E-state index in [0.717, 1.165) is 12.3 Å². The van der Waals surface area contributed by atoms with Crippen molar-refractivity contribution in [1.82, 2.24) is 4.98 Å². The number of carbonyl (C=O) groups excluding carboxylic acids is 1.